The number of hydrogen-bond donors (Lipinski definition) is 2. The second-order valence-electron chi connectivity index (χ2n) is 7.31. The van der Waals surface area contributed by atoms with Crippen LogP contribution < -0.4 is 5.32 Å². The topological polar surface area (TPSA) is 86.7 Å². The Labute approximate surface area is 153 Å². The zero-order valence-corrected chi connectivity index (χ0v) is 14.9. The molecule has 6 nitrogen and oxygen atoms in total. The van der Waals surface area contributed by atoms with Gasteiger partial charge in [-0.05, 0) is 18.4 Å². The molecule has 0 spiro atoms. The van der Waals surface area contributed by atoms with E-state index in [2.05, 4.69) is 5.32 Å². The first-order valence-electron chi connectivity index (χ1n) is 9.39. The number of rotatable bonds is 6. The number of likely N-dealkylation sites (tertiary alicyclic amines) is 1. The molecule has 1 heterocycles. The van der Waals surface area contributed by atoms with E-state index in [0.717, 1.165) is 31.2 Å². The Morgan fingerprint density at radius 3 is 2.38 bits per heavy atom. The van der Waals surface area contributed by atoms with E-state index < -0.39 is 11.9 Å². The first-order valence-corrected chi connectivity index (χ1v) is 9.39. The van der Waals surface area contributed by atoms with Crippen LogP contribution in [0.25, 0.3) is 0 Å². The summed E-state index contributed by atoms with van der Waals surface area (Å²) in [5, 5.41) is 12.5. The van der Waals surface area contributed by atoms with E-state index in [1.54, 1.807) is 4.90 Å². The summed E-state index contributed by atoms with van der Waals surface area (Å²) in [6.07, 6.45) is 4.63. The summed E-state index contributed by atoms with van der Waals surface area (Å²) in [5.74, 6) is -1.91. The molecule has 2 atom stereocenters. The Morgan fingerprint density at radius 2 is 1.73 bits per heavy atom. The number of carbonyl (C=O) groups is 3. The molecule has 1 aliphatic heterocycles. The van der Waals surface area contributed by atoms with Crippen molar-refractivity contribution in [1.29, 1.82) is 0 Å². The van der Waals surface area contributed by atoms with Gasteiger partial charge in [-0.1, -0.05) is 43.2 Å². The zero-order valence-electron chi connectivity index (χ0n) is 14.9. The highest BCUT2D eigenvalue weighted by molar-refractivity contribution is 5.85. The number of amides is 2. The van der Waals surface area contributed by atoms with Crippen LogP contribution in [0.2, 0.25) is 0 Å². The van der Waals surface area contributed by atoms with Gasteiger partial charge in [0.2, 0.25) is 11.8 Å². The predicted octanol–water partition coefficient (Wildman–Crippen LogP) is 2.15. The van der Waals surface area contributed by atoms with Gasteiger partial charge >= 0.3 is 5.97 Å². The minimum absolute atomic E-state index is 0.0844. The SMILES string of the molecule is O=C(CCC(=O)N1CC(C(=O)O)C(c2ccccc2)C1)NC1CCCC1. The summed E-state index contributed by atoms with van der Waals surface area (Å²) < 4.78 is 0. The molecule has 0 aromatic heterocycles. The van der Waals surface area contributed by atoms with E-state index >= 15 is 0 Å². The first kappa shape index (κ1) is 18.4. The van der Waals surface area contributed by atoms with Crippen LogP contribution >= 0.6 is 0 Å². The van der Waals surface area contributed by atoms with Crippen molar-refractivity contribution in [1.82, 2.24) is 10.2 Å². The highest BCUT2D eigenvalue weighted by Crippen LogP contribution is 2.33. The third kappa shape index (κ3) is 4.42. The number of carboxylic acid groups (broad SMARTS) is 1. The summed E-state index contributed by atoms with van der Waals surface area (Å²) in [4.78, 5) is 37.7. The smallest absolute Gasteiger partial charge is 0.308 e. The van der Waals surface area contributed by atoms with Crippen molar-refractivity contribution < 1.29 is 19.5 Å². The minimum atomic E-state index is -0.881. The molecule has 0 bridgehead atoms. The molecule has 3 rings (SSSR count). The van der Waals surface area contributed by atoms with Gasteiger partial charge in [0.25, 0.3) is 0 Å². The molecule has 2 unspecified atom stereocenters. The van der Waals surface area contributed by atoms with E-state index in [0.29, 0.717) is 6.54 Å². The Bertz CT molecular complexity index is 655. The molecule has 1 aromatic carbocycles. The lowest BCUT2D eigenvalue weighted by atomic mass is 9.89. The summed E-state index contributed by atoms with van der Waals surface area (Å²) >= 11 is 0. The van der Waals surface area contributed by atoms with Gasteiger partial charge in [0, 0.05) is 37.9 Å². The maximum Gasteiger partial charge on any atom is 0.308 e. The van der Waals surface area contributed by atoms with Gasteiger partial charge in [-0.3, -0.25) is 14.4 Å². The Balaban J connectivity index is 1.54. The molecule has 2 amide bonds. The number of nitrogens with zero attached hydrogens (tertiary/aromatic N) is 1. The normalized spacial score (nSPS) is 23.2. The third-order valence-corrected chi connectivity index (χ3v) is 5.50. The largest absolute Gasteiger partial charge is 0.481 e. The van der Waals surface area contributed by atoms with Crippen LogP contribution in [-0.4, -0.2) is 46.9 Å². The van der Waals surface area contributed by atoms with E-state index in [9.17, 15) is 19.5 Å². The number of carboxylic acids is 1. The van der Waals surface area contributed by atoms with Crippen LogP contribution in [0, 0.1) is 5.92 Å². The number of benzene rings is 1. The fourth-order valence-corrected chi connectivity index (χ4v) is 4.04. The number of nitrogens with one attached hydrogen (secondary N) is 1. The van der Waals surface area contributed by atoms with Crippen molar-refractivity contribution >= 4 is 17.8 Å². The van der Waals surface area contributed by atoms with Crippen LogP contribution in [-0.2, 0) is 14.4 Å². The molecular weight excluding hydrogens is 332 g/mol. The second-order valence-corrected chi connectivity index (χ2v) is 7.31. The minimum Gasteiger partial charge on any atom is -0.481 e. The highest BCUT2D eigenvalue weighted by atomic mass is 16.4. The van der Waals surface area contributed by atoms with Crippen LogP contribution in [0.15, 0.2) is 30.3 Å². The van der Waals surface area contributed by atoms with Gasteiger partial charge in [-0.15, -0.1) is 0 Å². The van der Waals surface area contributed by atoms with Crippen molar-refractivity contribution in [3.8, 4) is 0 Å². The van der Waals surface area contributed by atoms with Gasteiger partial charge in [-0.25, -0.2) is 0 Å². The molecule has 2 N–H and O–H groups in total. The van der Waals surface area contributed by atoms with Gasteiger partial charge in [0.15, 0.2) is 0 Å². The van der Waals surface area contributed by atoms with E-state index in [-0.39, 0.29) is 43.2 Å². The van der Waals surface area contributed by atoms with Crippen molar-refractivity contribution in [3.63, 3.8) is 0 Å². The molecule has 1 aliphatic carbocycles. The standard InChI is InChI=1S/C20H26N2O4/c23-18(21-15-8-4-5-9-15)10-11-19(24)22-12-16(17(13-22)20(25)26)14-6-2-1-3-7-14/h1-3,6-7,15-17H,4-5,8-13H2,(H,21,23)(H,25,26). The summed E-state index contributed by atoms with van der Waals surface area (Å²) in [5.41, 5.74) is 0.939. The first-order chi connectivity index (χ1) is 12.5. The molecule has 1 aromatic rings. The molecule has 0 radical (unpaired) electrons. The van der Waals surface area contributed by atoms with E-state index in [4.69, 9.17) is 0 Å². The molecule has 1 saturated heterocycles. The van der Waals surface area contributed by atoms with Crippen molar-refractivity contribution in [3.05, 3.63) is 35.9 Å². The van der Waals surface area contributed by atoms with Crippen LogP contribution in [0.4, 0.5) is 0 Å². The van der Waals surface area contributed by atoms with E-state index in [1.165, 1.54) is 0 Å². The Kier molecular flexibility index (Phi) is 5.91. The third-order valence-electron chi connectivity index (χ3n) is 5.50. The average Bonchev–Trinajstić information content (AvgIpc) is 3.30. The van der Waals surface area contributed by atoms with Gasteiger partial charge in [0.05, 0.1) is 5.92 Å². The van der Waals surface area contributed by atoms with Gasteiger partial charge in [0.1, 0.15) is 0 Å². The molecule has 26 heavy (non-hydrogen) atoms. The van der Waals surface area contributed by atoms with Crippen molar-refractivity contribution in [2.45, 2.75) is 50.5 Å². The molecular formula is C20H26N2O4. The molecule has 2 fully saturated rings. The second kappa shape index (κ2) is 8.34. The number of aliphatic carboxylic acids is 1. The molecule has 2 aliphatic rings. The Morgan fingerprint density at radius 1 is 1.04 bits per heavy atom. The predicted molar refractivity (Wildman–Crippen MR) is 96.5 cm³/mol. The lowest BCUT2D eigenvalue weighted by Crippen LogP contribution is -2.34. The van der Waals surface area contributed by atoms with Crippen LogP contribution in [0.3, 0.4) is 0 Å². The zero-order chi connectivity index (χ0) is 18.5. The van der Waals surface area contributed by atoms with Gasteiger partial charge < -0.3 is 15.3 Å². The van der Waals surface area contributed by atoms with E-state index in [1.807, 2.05) is 30.3 Å². The summed E-state index contributed by atoms with van der Waals surface area (Å²) in [6, 6.07) is 9.72. The lowest BCUT2D eigenvalue weighted by Gasteiger charge is -2.17. The van der Waals surface area contributed by atoms with Gasteiger partial charge in [-0.2, -0.15) is 0 Å². The molecule has 6 heteroatoms. The maximum absolute atomic E-state index is 12.5. The van der Waals surface area contributed by atoms with Crippen molar-refractivity contribution in [2.75, 3.05) is 13.1 Å². The lowest BCUT2D eigenvalue weighted by molar-refractivity contribution is -0.142. The van der Waals surface area contributed by atoms with Crippen LogP contribution in [0.5, 0.6) is 0 Å². The maximum atomic E-state index is 12.5. The number of carbonyl (C=O) groups excluding carboxylic acids is 2. The number of hydrogen-bond acceptors (Lipinski definition) is 3. The summed E-state index contributed by atoms with van der Waals surface area (Å²) in [7, 11) is 0. The average molecular weight is 358 g/mol. The highest BCUT2D eigenvalue weighted by Gasteiger charge is 2.40. The monoisotopic (exact) mass is 358 g/mol. The quantitative estimate of drug-likeness (QED) is 0.816. The molecule has 140 valence electrons. The summed E-state index contributed by atoms with van der Waals surface area (Å²) in [6.45, 7) is 0.599. The fraction of sp³-hybridized carbons (Fsp3) is 0.550. The fourth-order valence-electron chi connectivity index (χ4n) is 4.04. The molecule has 1 saturated carbocycles. The van der Waals surface area contributed by atoms with Crippen molar-refractivity contribution in [2.24, 2.45) is 5.92 Å². The van der Waals surface area contributed by atoms with Crippen LogP contribution in [0.1, 0.15) is 50.0 Å². The Hall–Kier alpha value is -2.37.